The number of para-hydroxylation sites is 1. The molecule has 0 aliphatic rings. The van der Waals surface area contributed by atoms with Crippen LogP contribution in [0, 0.1) is 0 Å². The van der Waals surface area contributed by atoms with Gasteiger partial charge in [0.15, 0.2) is 0 Å². The van der Waals surface area contributed by atoms with E-state index in [2.05, 4.69) is 6.92 Å². The van der Waals surface area contributed by atoms with E-state index in [4.69, 9.17) is 0 Å². The second kappa shape index (κ2) is 6.80. The SMILES string of the molecule is CCCSSc1ccccc1N(C)C=O. The zero-order valence-corrected chi connectivity index (χ0v) is 10.6. The van der Waals surface area contributed by atoms with Crippen molar-refractivity contribution >= 4 is 33.7 Å². The summed E-state index contributed by atoms with van der Waals surface area (Å²) in [6.45, 7) is 2.16. The first-order valence-electron chi connectivity index (χ1n) is 4.86. The third-order valence-electron chi connectivity index (χ3n) is 1.84. The van der Waals surface area contributed by atoms with Crippen molar-refractivity contribution < 1.29 is 4.79 Å². The second-order valence-electron chi connectivity index (χ2n) is 3.09. The van der Waals surface area contributed by atoms with Crippen molar-refractivity contribution in [1.29, 1.82) is 0 Å². The normalized spacial score (nSPS) is 10.0. The summed E-state index contributed by atoms with van der Waals surface area (Å²) in [7, 11) is 5.33. The van der Waals surface area contributed by atoms with E-state index in [1.165, 1.54) is 6.42 Å². The maximum absolute atomic E-state index is 10.7. The number of benzene rings is 1. The molecule has 82 valence electrons. The molecule has 0 saturated heterocycles. The van der Waals surface area contributed by atoms with Crippen LogP contribution in [0.15, 0.2) is 29.2 Å². The number of hydrogen-bond donors (Lipinski definition) is 0. The second-order valence-corrected chi connectivity index (χ2v) is 5.55. The largest absolute Gasteiger partial charge is 0.317 e. The van der Waals surface area contributed by atoms with Gasteiger partial charge in [-0.15, -0.1) is 0 Å². The fraction of sp³-hybridized carbons (Fsp3) is 0.364. The van der Waals surface area contributed by atoms with E-state index in [9.17, 15) is 4.79 Å². The van der Waals surface area contributed by atoms with Crippen LogP contribution in [0.2, 0.25) is 0 Å². The van der Waals surface area contributed by atoms with Gasteiger partial charge in [0.1, 0.15) is 0 Å². The van der Waals surface area contributed by atoms with Crippen LogP contribution in [0.3, 0.4) is 0 Å². The van der Waals surface area contributed by atoms with Crippen LogP contribution in [-0.2, 0) is 4.79 Å². The van der Waals surface area contributed by atoms with Crippen molar-refractivity contribution in [3.63, 3.8) is 0 Å². The van der Waals surface area contributed by atoms with Gasteiger partial charge in [-0.1, -0.05) is 40.6 Å². The monoisotopic (exact) mass is 241 g/mol. The Kier molecular flexibility index (Phi) is 5.65. The highest BCUT2D eigenvalue weighted by atomic mass is 33.1. The number of carbonyl (C=O) groups is 1. The van der Waals surface area contributed by atoms with Gasteiger partial charge in [0.05, 0.1) is 5.69 Å². The lowest BCUT2D eigenvalue weighted by molar-refractivity contribution is -0.107. The Labute approximate surface area is 98.8 Å². The highest BCUT2D eigenvalue weighted by molar-refractivity contribution is 8.76. The van der Waals surface area contributed by atoms with E-state index in [1.807, 2.05) is 35.1 Å². The van der Waals surface area contributed by atoms with E-state index in [0.29, 0.717) is 0 Å². The van der Waals surface area contributed by atoms with Gasteiger partial charge < -0.3 is 4.90 Å². The number of nitrogens with zero attached hydrogens (tertiary/aromatic N) is 1. The molecule has 0 saturated carbocycles. The molecule has 0 radical (unpaired) electrons. The lowest BCUT2D eigenvalue weighted by Crippen LogP contribution is -2.14. The van der Waals surface area contributed by atoms with Crippen molar-refractivity contribution in [3.05, 3.63) is 24.3 Å². The molecule has 0 N–H and O–H groups in total. The molecule has 0 unspecified atom stereocenters. The van der Waals surface area contributed by atoms with E-state index >= 15 is 0 Å². The topological polar surface area (TPSA) is 20.3 Å². The van der Waals surface area contributed by atoms with Crippen molar-refractivity contribution in [2.75, 3.05) is 17.7 Å². The lowest BCUT2D eigenvalue weighted by Gasteiger charge is -2.14. The summed E-state index contributed by atoms with van der Waals surface area (Å²) in [6.07, 6.45) is 2.01. The van der Waals surface area contributed by atoms with Crippen LogP contribution in [0.4, 0.5) is 5.69 Å². The molecule has 1 amide bonds. The van der Waals surface area contributed by atoms with Crippen molar-refractivity contribution in [2.45, 2.75) is 18.2 Å². The first kappa shape index (κ1) is 12.5. The number of hydrogen-bond acceptors (Lipinski definition) is 3. The minimum Gasteiger partial charge on any atom is -0.317 e. The molecule has 1 aromatic carbocycles. The van der Waals surface area contributed by atoms with Crippen LogP contribution in [0.1, 0.15) is 13.3 Å². The van der Waals surface area contributed by atoms with Gasteiger partial charge >= 0.3 is 0 Å². The van der Waals surface area contributed by atoms with E-state index in [-0.39, 0.29) is 0 Å². The lowest BCUT2D eigenvalue weighted by atomic mass is 10.3. The van der Waals surface area contributed by atoms with Crippen LogP contribution in [-0.4, -0.2) is 19.2 Å². The number of carbonyl (C=O) groups excluding carboxylic acids is 1. The van der Waals surface area contributed by atoms with Crippen LogP contribution in [0.25, 0.3) is 0 Å². The minimum absolute atomic E-state index is 0.837. The van der Waals surface area contributed by atoms with Crippen molar-refractivity contribution in [3.8, 4) is 0 Å². The molecule has 1 rings (SSSR count). The van der Waals surface area contributed by atoms with E-state index in [1.54, 1.807) is 22.7 Å². The summed E-state index contributed by atoms with van der Waals surface area (Å²) in [4.78, 5) is 13.4. The molecule has 4 heteroatoms. The molecule has 2 nitrogen and oxygen atoms in total. The van der Waals surface area contributed by atoms with Gasteiger partial charge in [0, 0.05) is 17.7 Å². The molecule has 0 spiro atoms. The van der Waals surface area contributed by atoms with Gasteiger partial charge in [-0.2, -0.15) is 0 Å². The van der Waals surface area contributed by atoms with Gasteiger partial charge in [-0.3, -0.25) is 4.79 Å². The molecule has 0 aliphatic heterocycles. The Hall–Kier alpha value is -0.610. The Morgan fingerprint density at radius 2 is 2.13 bits per heavy atom. The summed E-state index contributed by atoms with van der Waals surface area (Å²) in [5.41, 5.74) is 0.973. The molecule has 0 heterocycles. The molecular formula is C11H15NOS2. The van der Waals surface area contributed by atoms with Crippen molar-refractivity contribution in [1.82, 2.24) is 0 Å². The van der Waals surface area contributed by atoms with E-state index in [0.717, 1.165) is 22.7 Å². The highest BCUT2D eigenvalue weighted by Gasteiger charge is 2.06. The average molecular weight is 241 g/mol. The molecule has 0 bridgehead atoms. The van der Waals surface area contributed by atoms with Crippen LogP contribution < -0.4 is 4.90 Å². The predicted molar refractivity (Wildman–Crippen MR) is 69.5 cm³/mol. The van der Waals surface area contributed by atoms with Crippen LogP contribution in [0.5, 0.6) is 0 Å². The predicted octanol–water partition coefficient (Wildman–Crippen LogP) is 3.43. The van der Waals surface area contributed by atoms with Gasteiger partial charge in [0.25, 0.3) is 0 Å². The van der Waals surface area contributed by atoms with Gasteiger partial charge in [-0.05, 0) is 18.6 Å². The summed E-state index contributed by atoms with van der Waals surface area (Å²) < 4.78 is 0. The average Bonchev–Trinajstić information content (AvgIpc) is 2.29. The number of rotatable bonds is 6. The van der Waals surface area contributed by atoms with Crippen LogP contribution >= 0.6 is 21.6 Å². The summed E-state index contributed by atoms with van der Waals surface area (Å²) in [5, 5.41) is 0. The Bertz CT molecular complexity index is 317. The summed E-state index contributed by atoms with van der Waals surface area (Å²) >= 11 is 0. The fourth-order valence-corrected chi connectivity index (χ4v) is 3.43. The molecule has 0 aliphatic carbocycles. The quantitative estimate of drug-likeness (QED) is 0.432. The fourth-order valence-electron chi connectivity index (χ4n) is 1.06. The minimum atomic E-state index is 0.837. The Morgan fingerprint density at radius 3 is 2.80 bits per heavy atom. The van der Waals surface area contributed by atoms with E-state index < -0.39 is 0 Å². The Morgan fingerprint density at radius 1 is 1.40 bits per heavy atom. The third-order valence-corrected chi connectivity index (χ3v) is 4.45. The zero-order valence-electron chi connectivity index (χ0n) is 8.97. The zero-order chi connectivity index (χ0) is 11.1. The molecule has 0 fully saturated rings. The summed E-state index contributed by atoms with van der Waals surface area (Å²) in [5.74, 6) is 1.13. The number of amides is 1. The highest BCUT2D eigenvalue weighted by Crippen LogP contribution is 2.37. The summed E-state index contributed by atoms with van der Waals surface area (Å²) in [6, 6.07) is 7.95. The maximum atomic E-state index is 10.7. The molecule has 0 aromatic heterocycles. The van der Waals surface area contributed by atoms with Gasteiger partial charge in [-0.25, -0.2) is 0 Å². The third kappa shape index (κ3) is 3.80. The van der Waals surface area contributed by atoms with Gasteiger partial charge in [0.2, 0.25) is 6.41 Å². The molecule has 15 heavy (non-hydrogen) atoms. The smallest absolute Gasteiger partial charge is 0.213 e. The molecule has 0 atom stereocenters. The first-order chi connectivity index (χ1) is 7.29. The van der Waals surface area contributed by atoms with Crippen molar-refractivity contribution in [2.24, 2.45) is 0 Å². The Balaban J connectivity index is 2.72. The first-order valence-corrected chi connectivity index (χ1v) is 7.18. The number of anilines is 1. The molecular weight excluding hydrogens is 226 g/mol. The molecule has 1 aromatic rings. The maximum Gasteiger partial charge on any atom is 0.213 e. The standard InChI is InChI=1S/C11H15NOS2/c1-3-8-14-15-11-7-5-4-6-10(11)12(2)9-13/h4-7,9H,3,8H2,1-2H3.